The number of fused-ring (bicyclic) bond motifs is 2. The molecule has 0 saturated carbocycles. The van der Waals surface area contributed by atoms with E-state index in [1.165, 1.54) is 7.05 Å². The van der Waals surface area contributed by atoms with Gasteiger partial charge in [-0.3, -0.25) is 14.4 Å². The molecule has 11 heteroatoms. The van der Waals surface area contributed by atoms with Crippen LogP contribution in [0.5, 0.6) is 5.75 Å². The van der Waals surface area contributed by atoms with Gasteiger partial charge in [0.25, 0.3) is 0 Å². The largest absolute Gasteiger partial charge is 0.491 e. The molecule has 1 unspecified atom stereocenters. The number of carbonyl (C=O) groups is 4. The third-order valence-electron chi connectivity index (χ3n) is 7.15. The first-order valence-electron chi connectivity index (χ1n) is 12.1. The molecule has 1 aromatic carbocycles. The summed E-state index contributed by atoms with van der Waals surface area (Å²) in [7, 11) is 3.19. The van der Waals surface area contributed by atoms with Gasteiger partial charge in [0.1, 0.15) is 24.4 Å². The van der Waals surface area contributed by atoms with Crippen LogP contribution in [-0.2, 0) is 14.4 Å². The lowest BCUT2D eigenvalue weighted by atomic mass is 10.1. The Morgan fingerprint density at radius 3 is 2.57 bits per heavy atom. The highest BCUT2D eigenvalue weighted by atomic mass is 16.5. The van der Waals surface area contributed by atoms with Gasteiger partial charge in [-0.25, -0.2) is 4.79 Å². The molecule has 0 aliphatic carbocycles. The molecule has 0 bridgehead atoms. The van der Waals surface area contributed by atoms with Crippen molar-refractivity contribution in [3.63, 3.8) is 0 Å². The molecule has 1 aromatic rings. The Hall–Kier alpha value is -3.34. The first kappa shape index (κ1) is 24.8. The maximum absolute atomic E-state index is 13.8. The minimum absolute atomic E-state index is 0.0298. The van der Waals surface area contributed by atoms with E-state index in [0.29, 0.717) is 32.4 Å². The van der Waals surface area contributed by atoms with Crippen molar-refractivity contribution in [2.75, 3.05) is 33.8 Å². The van der Waals surface area contributed by atoms with Gasteiger partial charge >= 0.3 is 6.03 Å². The van der Waals surface area contributed by atoms with Crippen molar-refractivity contribution in [1.29, 1.82) is 0 Å². The first-order valence-corrected chi connectivity index (χ1v) is 12.1. The fourth-order valence-electron chi connectivity index (χ4n) is 5.06. The fourth-order valence-corrected chi connectivity index (χ4v) is 5.06. The van der Waals surface area contributed by atoms with Crippen molar-refractivity contribution in [2.45, 2.75) is 56.4 Å². The molecule has 11 nitrogen and oxygen atoms in total. The van der Waals surface area contributed by atoms with Crippen molar-refractivity contribution in [1.82, 2.24) is 31.1 Å². The van der Waals surface area contributed by atoms with Gasteiger partial charge in [-0.2, -0.15) is 0 Å². The van der Waals surface area contributed by atoms with Crippen molar-refractivity contribution in [2.24, 2.45) is 0 Å². The lowest BCUT2D eigenvalue weighted by Crippen LogP contribution is -2.62. The predicted octanol–water partition coefficient (Wildman–Crippen LogP) is -0.266. The molecule has 0 radical (unpaired) electrons. The Bertz CT molecular complexity index is 987. The average molecular weight is 487 g/mol. The van der Waals surface area contributed by atoms with E-state index in [0.717, 1.165) is 11.3 Å². The van der Waals surface area contributed by atoms with Crippen LogP contribution in [-0.4, -0.2) is 91.5 Å². The molecular formula is C24H34N6O5. The third-order valence-corrected chi connectivity index (χ3v) is 7.15. The third kappa shape index (κ3) is 5.04. The molecule has 0 spiro atoms. The number of benzene rings is 1. The van der Waals surface area contributed by atoms with Crippen LogP contribution in [0.2, 0.25) is 0 Å². The smallest absolute Gasteiger partial charge is 0.317 e. The second kappa shape index (κ2) is 10.5. The second-order valence-electron chi connectivity index (χ2n) is 9.26. The highest BCUT2D eigenvalue weighted by Gasteiger charge is 2.46. The number of likely N-dealkylation sites (N-methyl/N-ethyl adjacent to an activating group) is 1. The van der Waals surface area contributed by atoms with E-state index in [-0.39, 0.29) is 42.4 Å². The van der Waals surface area contributed by atoms with Crippen molar-refractivity contribution in [3.05, 3.63) is 29.8 Å². The zero-order valence-corrected chi connectivity index (χ0v) is 20.4. The van der Waals surface area contributed by atoms with Gasteiger partial charge in [0.05, 0.1) is 18.6 Å². The Labute approximate surface area is 204 Å². The van der Waals surface area contributed by atoms with E-state index < -0.39 is 18.1 Å². The van der Waals surface area contributed by atoms with Crippen LogP contribution < -0.4 is 26.0 Å². The summed E-state index contributed by atoms with van der Waals surface area (Å²) in [5.74, 6) is -0.176. The summed E-state index contributed by atoms with van der Waals surface area (Å²) in [5.41, 5.74) is 0.918. The second-order valence-corrected chi connectivity index (χ2v) is 9.26. The number of urea groups is 1. The molecule has 5 amide bonds. The van der Waals surface area contributed by atoms with E-state index in [9.17, 15) is 19.2 Å². The average Bonchev–Trinajstić information content (AvgIpc) is 3.47. The monoisotopic (exact) mass is 486 g/mol. The van der Waals surface area contributed by atoms with E-state index >= 15 is 0 Å². The summed E-state index contributed by atoms with van der Waals surface area (Å²) >= 11 is 0. The minimum Gasteiger partial charge on any atom is -0.491 e. The number of para-hydroxylation sites is 1. The van der Waals surface area contributed by atoms with Gasteiger partial charge in [-0.15, -0.1) is 0 Å². The number of nitrogens with zero attached hydrogens (tertiary/aromatic N) is 2. The van der Waals surface area contributed by atoms with Gasteiger partial charge in [-0.05, 0) is 39.3 Å². The first-order chi connectivity index (χ1) is 16.8. The van der Waals surface area contributed by atoms with Gasteiger partial charge < -0.3 is 35.8 Å². The van der Waals surface area contributed by atoms with E-state index in [1.54, 1.807) is 23.8 Å². The van der Waals surface area contributed by atoms with Crippen molar-refractivity contribution >= 4 is 23.8 Å². The van der Waals surface area contributed by atoms with Crippen molar-refractivity contribution < 1.29 is 23.9 Å². The minimum atomic E-state index is -0.956. The van der Waals surface area contributed by atoms with E-state index in [4.69, 9.17) is 4.74 Å². The zero-order chi connectivity index (χ0) is 25.1. The quantitative estimate of drug-likeness (QED) is 0.453. The molecule has 3 heterocycles. The number of rotatable bonds is 5. The summed E-state index contributed by atoms with van der Waals surface area (Å²) in [6.07, 6.45) is 1.73. The number of hydrogen-bond donors (Lipinski definition) is 4. The van der Waals surface area contributed by atoms with E-state index in [1.807, 2.05) is 24.3 Å². The van der Waals surface area contributed by atoms with Crippen LogP contribution in [0.3, 0.4) is 0 Å². The number of nitrogens with one attached hydrogen (secondary N) is 4. The highest BCUT2D eigenvalue weighted by Crippen LogP contribution is 2.33. The van der Waals surface area contributed by atoms with Gasteiger partial charge in [0.2, 0.25) is 17.7 Å². The maximum atomic E-state index is 13.8. The summed E-state index contributed by atoms with van der Waals surface area (Å²) in [4.78, 5) is 55.4. The normalized spacial score (nSPS) is 26.5. The lowest BCUT2D eigenvalue weighted by molar-refractivity contribution is -0.145. The summed E-state index contributed by atoms with van der Waals surface area (Å²) in [6, 6.07) is 4.68. The Morgan fingerprint density at radius 2 is 1.83 bits per heavy atom. The molecule has 190 valence electrons. The molecule has 3 aliphatic rings. The number of amides is 5. The zero-order valence-electron chi connectivity index (χ0n) is 20.4. The van der Waals surface area contributed by atoms with Crippen LogP contribution in [0, 0.1) is 0 Å². The SMILES string of the molecule is CNC(=O)N1CC[C@H]2CC[C@@H](C(=O)NC3COc4ccccc43)N2C(=O)[C@@H](NC(=O)[C@H](C)NC)C1. The number of carbonyl (C=O) groups excluding carboxylic acids is 4. The standard InChI is InChI=1S/C24H34N6O5/c1-14(25-2)21(31)27-17-12-29(24(34)26-3)11-10-15-8-9-19(30(15)23(17)33)22(32)28-18-13-35-20-7-5-4-6-16(18)20/h4-7,14-15,17-19,25H,8-13H2,1-3H3,(H,26,34)(H,27,31)(H,28,32)/t14-,15+,17-,18?,19-/m0/s1. The molecular weight excluding hydrogens is 452 g/mol. The molecule has 4 N–H and O–H groups in total. The summed E-state index contributed by atoms with van der Waals surface area (Å²) in [6.45, 7) is 2.48. The van der Waals surface area contributed by atoms with Crippen LogP contribution >= 0.6 is 0 Å². The molecule has 3 aliphatic heterocycles. The molecule has 4 rings (SSSR count). The Morgan fingerprint density at radius 1 is 1.06 bits per heavy atom. The molecule has 2 saturated heterocycles. The summed E-state index contributed by atoms with van der Waals surface area (Å²) in [5, 5.41) is 11.3. The maximum Gasteiger partial charge on any atom is 0.317 e. The van der Waals surface area contributed by atoms with Crippen LogP contribution in [0.15, 0.2) is 24.3 Å². The molecule has 35 heavy (non-hydrogen) atoms. The Kier molecular flexibility index (Phi) is 7.44. The molecule has 5 atom stereocenters. The number of ether oxygens (including phenoxy) is 1. The highest BCUT2D eigenvalue weighted by molar-refractivity contribution is 5.94. The van der Waals surface area contributed by atoms with E-state index in [2.05, 4.69) is 21.3 Å². The van der Waals surface area contributed by atoms with Gasteiger partial charge in [-0.1, -0.05) is 18.2 Å². The van der Waals surface area contributed by atoms with Crippen molar-refractivity contribution in [3.8, 4) is 5.75 Å². The summed E-state index contributed by atoms with van der Waals surface area (Å²) < 4.78 is 5.69. The van der Waals surface area contributed by atoms with Gasteiger partial charge in [0.15, 0.2) is 0 Å². The fraction of sp³-hybridized carbons (Fsp3) is 0.583. The van der Waals surface area contributed by atoms with Gasteiger partial charge in [0, 0.05) is 25.2 Å². The van der Waals surface area contributed by atoms with Crippen LogP contribution in [0.4, 0.5) is 4.79 Å². The molecule has 2 fully saturated rings. The lowest BCUT2D eigenvalue weighted by Gasteiger charge is -2.39. The topological polar surface area (TPSA) is 132 Å². The van der Waals surface area contributed by atoms with Crippen LogP contribution in [0.25, 0.3) is 0 Å². The van der Waals surface area contributed by atoms with Crippen LogP contribution in [0.1, 0.15) is 37.8 Å². The number of hydrogen-bond acceptors (Lipinski definition) is 6. The predicted molar refractivity (Wildman–Crippen MR) is 128 cm³/mol. The molecule has 0 aromatic heterocycles. The Balaban J connectivity index is 1.54.